The van der Waals surface area contributed by atoms with E-state index in [-0.39, 0.29) is 0 Å². The van der Waals surface area contributed by atoms with Gasteiger partial charge in [-0.1, -0.05) is 0 Å². The SMILES string of the molecule is C1C[C@@H]2O[C@@H]2CC[C@H]2C[C@@H]12. The van der Waals surface area contributed by atoms with Crippen LogP contribution in [-0.4, -0.2) is 12.2 Å². The lowest BCUT2D eigenvalue weighted by Crippen LogP contribution is -2.00. The predicted molar refractivity (Wildman–Crippen MR) is 38.7 cm³/mol. The molecule has 4 atom stereocenters. The monoisotopic (exact) mass is 138 g/mol. The summed E-state index contributed by atoms with van der Waals surface area (Å²) in [5, 5.41) is 0. The lowest BCUT2D eigenvalue weighted by atomic mass is 10.0. The molecule has 10 heavy (non-hydrogen) atoms. The summed E-state index contributed by atoms with van der Waals surface area (Å²) in [4.78, 5) is 0. The molecule has 3 fully saturated rings. The van der Waals surface area contributed by atoms with Gasteiger partial charge in [-0.15, -0.1) is 0 Å². The summed E-state index contributed by atoms with van der Waals surface area (Å²) in [6.45, 7) is 0. The van der Waals surface area contributed by atoms with Gasteiger partial charge < -0.3 is 4.74 Å². The van der Waals surface area contributed by atoms with Crippen LogP contribution in [0.4, 0.5) is 0 Å². The summed E-state index contributed by atoms with van der Waals surface area (Å²) < 4.78 is 5.51. The van der Waals surface area contributed by atoms with Crippen LogP contribution in [0.2, 0.25) is 0 Å². The highest BCUT2D eigenvalue weighted by molar-refractivity contribution is 4.95. The molecular weight excluding hydrogens is 124 g/mol. The molecule has 2 aliphatic carbocycles. The first-order valence-corrected chi connectivity index (χ1v) is 4.59. The minimum atomic E-state index is 0.696. The minimum Gasteiger partial charge on any atom is -0.370 e. The lowest BCUT2D eigenvalue weighted by molar-refractivity contribution is 0.354. The van der Waals surface area contributed by atoms with Gasteiger partial charge in [0.05, 0.1) is 12.2 Å². The maximum Gasteiger partial charge on any atom is 0.0842 e. The number of fused-ring (bicyclic) bond motifs is 2. The van der Waals surface area contributed by atoms with E-state index in [1.165, 1.54) is 25.7 Å². The maximum absolute atomic E-state index is 5.51. The molecule has 0 aromatic carbocycles. The summed E-state index contributed by atoms with van der Waals surface area (Å²) in [5.74, 6) is 2.23. The molecule has 0 bridgehead atoms. The van der Waals surface area contributed by atoms with E-state index in [0.29, 0.717) is 12.2 Å². The number of hydrogen-bond acceptors (Lipinski definition) is 1. The summed E-state index contributed by atoms with van der Waals surface area (Å²) in [6.07, 6.45) is 8.59. The first kappa shape index (κ1) is 5.59. The van der Waals surface area contributed by atoms with Crippen LogP contribution in [0, 0.1) is 11.8 Å². The molecule has 0 aromatic rings. The zero-order valence-electron chi connectivity index (χ0n) is 6.25. The molecule has 0 aromatic heterocycles. The van der Waals surface area contributed by atoms with Crippen LogP contribution in [0.3, 0.4) is 0 Å². The first-order valence-electron chi connectivity index (χ1n) is 4.59. The van der Waals surface area contributed by atoms with Crippen LogP contribution >= 0.6 is 0 Å². The molecule has 0 amide bonds. The summed E-state index contributed by atoms with van der Waals surface area (Å²) >= 11 is 0. The summed E-state index contributed by atoms with van der Waals surface area (Å²) in [7, 11) is 0. The molecule has 3 rings (SSSR count). The normalized spacial score (nSPS) is 57.6. The van der Waals surface area contributed by atoms with Crippen LogP contribution in [0.15, 0.2) is 0 Å². The van der Waals surface area contributed by atoms with Crippen LogP contribution in [-0.2, 0) is 4.74 Å². The van der Waals surface area contributed by atoms with Crippen LogP contribution in [0.25, 0.3) is 0 Å². The Kier molecular flexibility index (Phi) is 0.984. The molecule has 2 saturated carbocycles. The highest BCUT2D eigenvalue weighted by Gasteiger charge is 2.46. The third-order valence-electron chi connectivity index (χ3n) is 3.40. The third-order valence-corrected chi connectivity index (χ3v) is 3.40. The molecule has 1 heteroatoms. The van der Waals surface area contributed by atoms with E-state index in [1.807, 2.05) is 0 Å². The van der Waals surface area contributed by atoms with Crippen LogP contribution in [0.1, 0.15) is 32.1 Å². The summed E-state index contributed by atoms with van der Waals surface area (Å²) in [6, 6.07) is 0. The Hall–Kier alpha value is -0.0400. The quantitative estimate of drug-likeness (QED) is 0.466. The van der Waals surface area contributed by atoms with Crippen molar-refractivity contribution in [3.05, 3.63) is 0 Å². The molecule has 0 N–H and O–H groups in total. The Balaban J connectivity index is 1.67. The van der Waals surface area contributed by atoms with Gasteiger partial charge in [0, 0.05) is 0 Å². The van der Waals surface area contributed by atoms with E-state index in [9.17, 15) is 0 Å². The Labute approximate surface area is 61.8 Å². The molecule has 0 radical (unpaired) electrons. The zero-order valence-corrected chi connectivity index (χ0v) is 6.25. The van der Waals surface area contributed by atoms with Crippen molar-refractivity contribution in [1.82, 2.24) is 0 Å². The molecule has 1 nitrogen and oxygen atoms in total. The van der Waals surface area contributed by atoms with Crippen molar-refractivity contribution in [1.29, 1.82) is 0 Å². The second-order valence-corrected chi connectivity index (χ2v) is 4.12. The van der Waals surface area contributed by atoms with E-state index in [0.717, 1.165) is 11.8 Å². The van der Waals surface area contributed by atoms with Gasteiger partial charge in [0.2, 0.25) is 0 Å². The molecular formula is C9H14O. The van der Waals surface area contributed by atoms with Gasteiger partial charge in [-0.25, -0.2) is 0 Å². The van der Waals surface area contributed by atoms with E-state index in [2.05, 4.69) is 0 Å². The van der Waals surface area contributed by atoms with Gasteiger partial charge in [-0.2, -0.15) is 0 Å². The third kappa shape index (κ3) is 0.800. The first-order chi connectivity index (χ1) is 4.93. The maximum atomic E-state index is 5.51. The van der Waals surface area contributed by atoms with Crippen LogP contribution in [0.5, 0.6) is 0 Å². The van der Waals surface area contributed by atoms with Gasteiger partial charge in [0.15, 0.2) is 0 Å². The Morgan fingerprint density at radius 1 is 0.800 bits per heavy atom. The highest BCUT2D eigenvalue weighted by atomic mass is 16.6. The molecule has 1 aliphatic heterocycles. The summed E-state index contributed by atoms with van der Waals surface area (Å²) in [5.41, 5.74) is 0. The fraction of sp³-hybridized carbons (Fsp3) is 1.00. The second-order valence-electron chi connectivity index (χ2n) is 4.12. The molecule has 1 heterocycles. The molecule has 0 unspecified atom stereocenters. The van der Waals surface area contributed by atoms with Gasteiger partial charge in [-0.3, -0.25) is 0 Å². The van der Waals surface area contributed by atoms with Crippen molar-refractivity contribution in [2.45, 2.75) is 44.3 Å². The largest absolute Gasteiger partial charge is 0.370 e. The van der Waals surface area contributed by atoms with Crippen molar-refractivity contribution < 1.29 is 4.74 Å². The van der Waals surface area contributed by atoms with Gasteiger partial charge >= 0.3 is 0 Å². The highest BCUT2D eigenvalue weighted by Crippen LogP contribution is 2.50. The van der Waals surface area contributed by atoms with Crippen molar-refractivity contribution in [3.63, 3.8) is 0 Å². The fourth-order valence-corrected chi connectivity index (χ4v) is 2.46. The van der Waals surface area contributed by atoms with Gasteiger partial charge in [0.1, 0.15) is 0 Å². The predicted octanol–water partition coefficient (Wildman–Crippen LogP) is 1.96. The number of hydrogen-bond donors (Lipinski definition) is 0. The molecule has 56 valence electrons. The Morgan fingerprint density at radius 3 is 2.00 bits per heavy atom. The molecule has 3 aliphatic rings. The van der Waals surface area contributed by atoms with Gasteiger partial charge in [0.25, 0.3) is 0 Å². The van der Waals surface area contributed by atoms with Crippen molar-refractivity contribution in [2.24, 2.45) is 11.8 Å². The number of rotatable bonds is 0. The van der Waals surface area contributed by atoms with E-state index < -0.39 is 0 Å². The van der Waals surface area contributed by atoms with E-state index >= 15 is 0 Å². The topological polar surface area (TPSA) is 12.5 Å². The van der Waals surface area contributed by atoms with Crippen molar-refractivity contribution in [2.75, 3.05) is 0 Å². The van der Waals surface area contributed by atoms with Crippen molar-refractivity contribution >= 4 is 0 Å². The number of ether oxygens (including phenoxy) is 1. The Bertz CT molecular complexity index is 121. The minimum absolute atomic E-state index is 0.696. The number of epoxide rings is 1. The standard InChI is InChI=1S/C9H14O/c1-3-8-9(10-8)4-2-7-5-6(1)7/h6-9H,1-5H2/t6-,7+,8+,9-. The lowest BCUT2D eigenvalue weighted by Gasteiger charge is -2.01. The zero-order chi connectivity index (χ0) is 6.55. The Morgan fingerprint density at radius 2 is 1.40 bits per heavy atom. The van der Waals surface area contributed by atoms with E-state index in [4.69, 9.17) is 4.74 Å². The average Bonchev–Trinajstić information content (AvgIpc) is 2.70. The van der Waals surface area contributed by atoms with Gasteiger partial charge in [-0.05, 0) is 43.9 Å². The van der Waals surface area contributed by atoms with Crippen molar-refractivity contribution in [3.8, 4) is 0 Å². The average molecular weight is 138 g/mol. The second kappa shape index (κ2) is 1.76. The molecule has 1 saturated heterocycles. The van der Waals surface area contributed by atoms with E-state index in [1.54, 1.807) is 6.42 Å². The fourth-order valence-electron chi connectivity index (χ4n) is 2.46. The van der Waals surface area contributed by atoms with Crippen LogP contribution < -0.4 is 0 Å². The molecule has 0 spiro atoms. The smallest absolute Gasteiger partial charge is 0.0842 e.